The fraction of sp³-hybridized carbons (Fsp3) is 0.294. The lowest BCUT2D eigenvalue weighted by Gasteiger charge is -2.25. The number of β-amino-alcohol motifs (C(OH)–C–C–N with tert-alkyl or cyclic N) is 1. The zero-order valence-corrected chi connectivity index (χ0v) is 12.9. The summed E-state index contributed by atoms with van der Waals surface area (Å²) in [6.45, 7) is -0.00529. The van der Waals surface area contributed by atoms with Gasteiger partial charge in [-0.25, -0.2) is 8.78 Å². The quantitative estimate of drug-likeness (QED) is 0.908. The van der Waals surface area contributed by atoms with Gasteiger partial charge in [0.2, 0.25) is 0 Å². The lowest BCUT2D eigenvalue weighted by Crippen LogP contribution is -2.33. The zero-order valence-electron chi connectivity index (χ0n) is 12.9. The molecule has 0 saturated carbocycles. The maximum atomic E-state index is 14.1. The van der Waals surface area contributed by atoms with E-state index in [0.29, 0.717) is 0 Å². The van der Waals surface area contributed by atoms with Gasteiger partial charge in [0.25, 0.3) is 11.5 Å². The number of carbonyl (C=O) groups is 1. The van der Waals surface area contributed by atoms with Crippen LogP contribution in [0.3, 0.4) is 0 Å². The molecule has 0 spiro atoms. The predicted octanol–water partition coefficient (Wildman–Crippen LogP) is 1.61. The van der Waals surface area contributed by atoms with Crippen LogP contribution in [-0.4, -0.2) is 33.1 Å². The maximum absolute atomic E-state index is 14.1. The Morgan fingerprint density at radius 3 is 2.71 bits per heavy atom. The molecule has 126 valence electrons. The number of benzene rings is 1. The Kier molecular flexibility index (Phi) is 4.19. The summed E-state index contributed by atoms with van der Waals surface area (Å²) in [5.41, 5.74) is -0.188. The van der Waals surface area contributed by atoms with Crippen molar-refractivity contribution in [2.45, 2.75) is 18.6 Å². The molecule has 0 bridgehead atoms. The number of aliphatic hydroxyl groups is 1. The summed E-state index contributed by atoms with van der Waals surface area (Å²) >= 11 is 0. The largest absolute Gasteiger partial charge is 0.391 e. The van der Waals surface area contributed by atoms with Crippen molar-refractivity contribution in [1.82, 2.24) is 9.47 Å². The van der Waals surface area contributed by atoms with Crippen LogP contribution < -0.4 is 5.56 Å². The minimum atomic E-state index is -0.840. The Balaban J connectivity index is 1.98. The molecule has 0 radical (unpaired) electrons. The van der Waals surface area contributed by atoms with Crippen molar-refractivity contribution in [1.29, 1.82) is 0 Å². The summed E-state index contributed by atoms with van der Waals surface area (Å²) in [6, 6.07) is 4.90. The van der Waals surface area contributed by atoms with Gasteiger partial charge in [-0.3, -0.25) is 9.59 Å². The number of amides is 1. The van der Waals surface area contributed by atoms with Gasteiger partial charge in [-0.15, -0.1) is 0 Å². The summed E-state index contributed by atoms with van der Waals surface area (Å²) in [7, 11) is 1.56. The number of aliphatic hydroxyl groups excluding tert-OH is 1. The van der Waals surface area contributed by atoms with E-state index in [4.69, 9.17) is 0 Å². The van der Waals surface area contributed by atoms with Crippen LogP contribution in [0.2, 0.25) is 0 Å². The number of carbonyl (C=O) groups excluding carboxylic acids is 1. The number of rotatable bonds is 2. The fourth-order valence-electron chi connectivity index (χ4n) is 2.95. The van der Waals surface area contributed by atoms with Crippen LogP contribution in [0.25, 0.3) is 0 Å². The van der Waals surface area contributed by atoms with Crippen LogP contribution in [0.4, 0.5) is 8.78 Å². The van der Waals surface area contributed by atoms with E-state index < -0.39 is 29.7 Å². The third-order valence-corrected chi connectivity index (χ3v) is 4.21. The van der Waals surface area contributed by atoms with Crippen molar-refractivity contribution in [2.24, 2.45) is 7.05 Å². The van der Waals surface area contributed by atoms with Gasteiger partial charge in [-0.2, -0.15) is 0 Å². The molecule has 1 fully saturated rings. The summed E-state index contributed by atoms with van der Waals surface area (Å²) in [5, 5.41) is 9.91. The van der Waals surface area contributed by atoms with Crippen molar-refractivity contribution in [3.8, 4) is 0 Å². The minimum absolute atomic E-state index is 0.00529. The Hall–Kier alpha value is -2.54. The topological polar surface area (TPSA) is 62.5 Å². The minimum Gasteiger partial charge on any atom is -0.391 e. The van der Waals surface area contributed by atoms with Gasteiger partial charge < -0.3 is 14.6 Å². The first-order chi connectivity index (χ1) is 11.4. The summed E-state index contributed by atoms with van der Waals surface area (Å²) < 4.78 is 28.9. The van der Waals surface area contributed by atoms with E-state index in [9.17, 15) is 23.5 Å². The molecule has 1 N–H and O–H groups in total. The average molecular weight is 334 g/mol. The molecule has 1 aromatic carbocycles. The Bertz CT molecular complexity index is 850. The number of nitrogens with zero attached hydrogens (tertiary/aromatic N) is 2. The molecule has 1 amide bonds. The third kappa shape index (κ3) is 2.94. The van der Waals surface area contributed by atoms with Gasteiger partial charge in [0.05, 0.1) is 12.1 Å². The smallest absolute Gasteiger partial charge is 0.254 e. The molecule has 5 nitrogen and oxygen atoms in total. The third-order valence-electron chi connectivity index (χ3n) is 4.21. The fourth-order valence-corrected chi connectivity index (χ4v) is 2.95. The number of halogens is 2. The first-order valence-electron chi connectivity index (χ1n) is 7.47. The predicted molar refractivity (Wildman–Crippen MR) is 82.4 cm³/mol. The molecule has 1 aliphatic rings. The summed E-state index contributed by atoms with van der Waals surface area (Å²) in [6.07, 6.45) is 0.727. The number of hydrogen-bond donors (Lipinski definition) is 1. The van der Waals surface area contributed by atoms with Crippen molar-refractivity contribution < 1.29 is 18.7 Å². The highest BCUT2D eigenvalue weighted by Crippen LogP contribution is 2.35. The number of aryl methyl sites for hydroxylation is 1. The molecule has 0 unspecified atom stereocenters. The monoisotopic (exact) mass is 334 g/mol. The van der Waals surface area contributed by atoms with E-state index in [2.05, 4.69) is 0 Å². The molecule has 24 heavy (non-hydrogen) atoms. The van der Waals surface area contributed by atoms with Crippen molar-refractivity contribution in [3.05, 3.63) is 69.6 Å². The Morgan fingerprint density at radius 2 is 2.00 bits per heavy atom. The zero-order chi connectivity index (χ0) is 17.4. The van der Waals surface area contributed by atoms with Crippen molar-refractivity contribution in [2.75, 3.05) is 6.54 Å². The van der Waals surface area contributed by atoms with Crippen LogP contribution in [-0.2, 0) is 7.05 Å². The molecule has 1 aromatic heterocycles. The highest BCUT2D eigenvalue weighted by Gasteiger charge is 2.37. The Morgan fingerprint density at radius 1 is 1.25 bits per heavy atom. The second-order valence-corrected chi connectivity index (χ2v) is 5.89. The highest BCUT2D eigenvalue weighted by molar-refractivity contribution is 5.94. The van der Waals surface area contributed by atoms with Crippen molar-refractivity contribution in [3.63, 3.8) is 0 Å². The van der Waals surface area contributed by atoms with Gasteiger partial charge in [0.15, 0.2) is 0 Å². The molecule has 7 heteroatoms. The Labute approximate surface area is 136 Å². The SMILES string of the molecule is Cn1ccc(C(=O)N2C[C@H](O)C[C@H]2c2cc(F)ccc2F)cc1=O. The van der Waals surface area contributed by atoms with Gasteiger partial charge in [-0.1, -0.05) is 0 Å². The molecule has 1 aliphatic heterocycles. The first kappa shape index (κ1) is 16.3. The highest BCUT2D eigenvalue weighted by atomic mass is 19.1. The second-order valence-electron chi connectivity index (χ2n) is 5.89. The summed E-state index contributed by atoms with van der Waals surface area (Å²) in [5.74, 6) is -1.76. The van der Waals surface area contributed by atoms with Gasteiger partial charge in [0.1, 0.15) is 11.6 Å². The number of likely N-dealkylation sites (tertiary alicyclic amines) is 1. The van der Waals surface area contributed by atoms with E-state index in [1.807, 2.05) is 0 Å². The second kappa shape index (κ2) is 6.16. The van der Waals surface area contributed by atoms with Gasteiger partial charge in [-0.05, 0) is 30.7 Å². The molecular formula is C17H16F2N2O3. The van der Waals surface area contributed by atoms with Crippen LogP contribution in [0.15, 0.2) is 41.3 Å². The molecule has 2 atom stereocenters. The molecule has 3 rings (SSSR count). The van der Waals surface area contributed by atoms with Gasteiger partial charge >= 0.3 is 0 Å². The summed E-state index contributed by atoms with van der Waals surface area (Å²) in [4.78, 5) is 25.7. The molecular weight excluding hydrogens is 318 g/mol. The number of hydrogen-bond acceptors (Lipinski definition) is 3. The van der Waals surface area contributed by atoms with E-state index in [-0.39, 0.29) is 29.7 Å². The van der Waals surface area contributed by atoms with Crippen LogP contribution in [0.1, 0.15) is 28.4 Å². The maximum Gasteiger partial charge on any atom is 0.254 e. The van der Waals surface area contributed by atoms with Crippen LogP contribution >= 0.6 is 0 Å². The van der Waals surface area contributed by atoms with Crippen molar-refractivity contribution >= 4 is 5.91 Å². The normalized spacial score (nSPS) is 20.4. The van der Waals surface area contributed by atoms with Crippen LogP contribution in [0, 0.1) is 11.6 Å². The van der Waals surface area contributed by atoms with Gasteiger partial charge in [0, 0.05) is 37.0 Å². The molecule has 0 aliphatic carbocycles. The number of pyridine rings is 1. The molecule has 1 saturated heterocycles. The molecule has 2 aromatic rings. The number of aromatic nitrogens is 1. The van der Waals surface area contributed by atoms with E-state index in [0.717, 1.165) is 18.2 Å². The standard InChI is InChI=1S/C17H16F2N2O3/c1-20-5-4-10(6-16(20)23)17(24)21-9-12(22)8-15(21)13-7-11(18)2-3-14(13)19/h2-7,12,15,22H,8-9H2,1H3/t12-,15+/m1/s1. The molecule has 2 heterocycles. The first-order valence-corrected chi connectivity index (χ1v) is 7.47. The van der Waals surface area contributed by atoms with Crippen LogP contribution in [0.5, 0.6) is 0 Å². The lowest BCUT2D eigenvalue weighted by molar-refractivity contribution is 0.0713. The van der Waals surface area contributed by atoms with E-state index in [1.165, 1.54) is 27.8 Å². The average Bonchev–Trinajstić information content (AvgIpc) is 2.93. The van der Waals surface area contributed by atoms with E-state index >= 15 is 0 Å². The lowest BCUT2D eigenvalue weighted by atomic mass is 10.0. The van der Waals surface area contributed by atoms with E-state index in [1.54, 1.807) is 7.05 Å².